The Balaban J connectivity index is 1.38. The van der Waals surface area contributed by atoms with E-state index in [1.54, 1.807) is 30.5 Å². The van der Waals surface area contributed by atoms with Gasteiger partial charge in [0, 0.05) is 62.2 Å². The number of nitrogens with zero attached hydrogens (tertiary/aromatic N) is 5. The van der Waals surface area contributed by atoms with Crippen molar-refractivity contribution >= 4 is 29.0 Å². The van der Waals surface area contributed by atoms with Gasteiger partial charge in [-0.1, -0.05) is 6.08 Å². The molecule has 0 radical (unpaired) electrons. The second-order valence-corrected chi connectivity index (χ2v) is 10.9. The molecule has 3 heterocycles. The molecule has 2 aliphatic heterocycles. The normalized spacial score (nSPS) is 17.1. The molecule has 10 heteroatoms. The van der Waals surface area contributed by atoms with Crippen LogP contribution in [0.2, 0.25) is 0 Å². The molecule has 1 fully saturated rings. The Hall–Kier alpha value is -3.76. The molecule has 2 aliphatic rings. The summed E-state index contributed by atoms with van der Waals surface area (Å²) < 4.78 is 0. The van der Waals surface area contributed by atoms with Crippen LogP contribution in [0.3, 0.4) is 0 Å². The second kappa shape index (κ2) is 13.5. The van der Waals surface area contributed by atoms with Gasteiger partial charge in [-0.2, -0.15) is 4.99 Å². The third-order valence-corrected chi connectivity index (χ3v) is 7.69. The number of nitrogens with one attached hydrogen (secondary N) is 3. The molecule has 10 nitrogen and oxygen atoms in total. The first-order valence-electron chi connectivity index (χ1n) is 14.0. The van der Waals surface area contributed by atoms with Crippen LogP contribution in [-0.2, 0) is 4.79 Å². The van der Waals surface area contributed by atoms with Crippen LogP contribution in [0.25, 0.3) is 5.57 Å². The molecule has 2 amide bonds. The van der Waals surface area contributed by atoms with Crippen molar-refractivity contribution in [2.75, 3.05) is 66.2 Å². The minimum Gasteiger partial charge on any atom is -0.346 e. The molecule has 0 saturated carbocycles. The minimum atomic E-state index is -0.0110. The number of hydrogen-bond acceptors (Lipinski definition) is 5. The first-order chi connectivity index (χ1) is 19.2. The number of pyridine rings is 1. The Kier molecular flexibility index (Phi) is 9.89. The van der Waals surface area contributed by atoms with Crippen molar-refractivity contribution in [3.8, 4) is 0 Å². The first kappa shape index (κ1) is 29.2. The second-order valence-electron chi connectivity index (χ2n) is 10.9. The zero-order valence-electron chi connectivity index (χ0n) is 24.1. The quantitative estimate of drug-likeness (QED) is 0.365. The van der Waals surface area contributed by atoms with Gasteiger partial charge < -0.3 is 29.9 Å². The Morgan fingerprint density at radius 3 is 2.48 bits per heavy atom. The highest BCUT2D eigenvalue weighted by atomic mass is 16.2. The number of carbonyl (C=O) groups excluding carboxylic acids is 2. The number of hydrogen-bond donors (Lipinski definition) is 3. The van der Waals surface area contributed by atoms with E-state index in [0.29, 0.717) is 36.2 Å². The van der Waals surface area contributed by atoms with Crippen molar-refractivity contribution in [1.29, 1.82) is 5.41 Å². The van der Waals surface area contributed by atoms with Crippen LogP contribution in [0.15, 0.2) is 53.7 Å². The molecule has 0 aliphatic carbocycles. The Morgan fingerprint density at radius 1 is 1.10 bits per heavy atom. The number of benzene rings is 1. The maximum absolute atomic E-state index is 13.0. The summed E-state index contributed by atoms with van der Waals surface area (Å²) in [7, 11) is 7.94. The van der Waals surface area contributed by atoms with E-state index in [0.717, 1.165) is 50.0 Å². The first-order valence-corrected chi connectivity index (χ1v) is 14.0. The Labute approximate surface area is 236 Å². The molecule has 4 rings (SSSR count). The van der Waals surface area contributed by atoms with E-state index in [9.17, 15) is 9.59 Å². The highest BCUT2D eigenvalue weighted by Crippen LogP contribution is 2.21. The summed E-state index contributed by atoms with van der Waals surface area (Å²) in [6.07, 6.45) is 7.09. The molecule has 214 valence electrons. The molecule has 0 bridgehead atoms. The number of amides is 2. The molecule has 3 N–H and O–H groups in total. The van der Waals surface area contributed by atoms with Crippen molar-refractivity contribution in [2.45, 2.75) is 31.7 Å². The summed E-state index contributed by atoms with van der Waals surface area (Å²) in [5.74, 6) is 0.173. The highest BCUT2D eigenvalue weighted by Gasteiger charge is 2.24. The fourth-order valence-electron chi connectivity index (χ4n) is 5.12. The van der Waals surface area contributed by atoms with Crippen molar-refractivity contribution < 1.29 is 9.59 Å². The van der Waals surface area contributed by atoms with Crippen LogP contribution in [0, 0.1) is 5.41 Å². The predicted octanol–water partition coefficient (Wildman–Crippen LogP) is 2.70. The molecule has 1 saturated heterocycles. The van der Waals surface area contributed by atoms with Crippen LogP contribution in [0.5, 0.6) is 0 Å². The van der Waals surface area contributed by atoms with Crippen LogP contribution >= 0.6 is 0 Å². The van der Waals surface area contributed by atoms with Gasteiger partial charge in [-0.3, -0.25) is 15.0 Å². The monoisotopic (exact) mass is 546 g/mol. The lowest BCUT2D eigenvalue weighted by atomic mass is 10.0. The standard InChI is InChI=1S/C30H42N8O2/c1-35(2)17-15-27(39)38-20-11-22(12-21-38)26-6-5-16-32-28(26)34-30(31)33-24-9-7-23(8-10-24)29(40)37(4)25-13-18-36(3)19-14-25/h5-11,16,25H,12-15,17-21H2,1-4H3,(H3,31,32,33,34). The summed E-state index contributed by atoms with van der Waals surface area (Å²) in [6, 6.07) is 11.4. The average Bonchev–Trinajstić information content (AvgIpc) is 2.96. The third-order valence-electron chi connectivity index (χ3n) is 7.69. The Bertz CT molecular complexity index is 1290. The summed E-state index contributed by atoms with van der Waals surface area (Å²) in [5, 5.41) is 11.5. The van der Waals surface area contributed by atoms with Gasteiger partial charge in [-0.05, 0) is 95.5 Å². The fourth-order valence-corrected chi connectivity index (χ4v) is 5.12. The molecule has 40 heavy (non-hydrogen) atoms. The number of carbonyl (C=O) groups is 2. The van der Waals surface area contributed by atoms with Crippen LogP contribution < -0.4 is 10.8 Å². The molecular weight excluding hydrogens is 504 g/mol. The summed E-state index contributed by atoms with van der Waals surface area (Å²) >= 11 is 0. The molecule has 0 unspecified atom stereocenters. The van der Waals surface area contributed by atoms with Crippen molar-refractivity contribution in [1.82, 2.24) is 24.6 Å². The highest BCUT2D eigenvalue weighted by molar-refractivity contribution is 5.96. The summed E-state index contributed by atoms with van der Waals surface area (Å²) in [5.41, 5.74) is 3.94. The topological polar surface area (TPSA) is 111 Å². The van der Waals surface area contributed by atoms with Crippen LogP contribution in [-0.4, -0.2) is 109 Å². The lowest BCUT2D eigenvalue weighted by Gasteiger charge is -2.35. The lowest BCUT2D eigenvalue weighted by Crippen LogP contribution is -2.44. The van der Waals surface area contributed by atoms with E-state index in [1.807, 2.05) is 48.0 Å². The maximum atomic E-state index is 13.0. The maximum Gasteiger partial charge on any atom is 0.253 e. The number of H-pyrrole nitrogens is 1. The smallest absolute Gasteiger partial charge is 0.253 e. The number of likely N-dealkylation sites (tertiary alicyclic amines) is 1. The number of guanidine groups is 1. The zero-order valence-corrected chi connectivity index (χ0v) is 24.1. The molecule has 0 spiro atoms. The summed E-state index contributed by atoms with van der Waals surface area (Å²) in [4.78, 5) is 41.2. The van der Waals surface area contributed by atoms with Gasteiger partial charge in [0.25, 0.3) is 5.91 Å². The van der Waals surface area contributed by atoms with Gasteiger partial charge in [0.05, 0.1) is 0 Å². The summed E-state index contributed by atoms with van der Waals surface area (Å²) in [6.45, 7) is 3.99. The molecule has 1 aromatic carbocycles. The lowest BCUT2D eigenvalue weighted by molar-refractivity contribution is -0.131. The van der Waals surface area contributed by atoms with Crippen molar-refractivity contribution in [3.05, 3.63) is 65.3 Å². The van der Waals surface area contributed by atoms with E-state index in [1.165, 1.54) is 0 Å². The molecule has 2 aromatic rings. The molecular formula is C30H42N8O2. The van der Waals surface area contributed by atoms with E-state index >= 15 is 0 Å². The van der Waals surface area contributed by atoms with Crippen LogP contribution in [0.1, 0.15) is 41.6 Å². The van der Waals surface area contributed by atoms with Gasteiger partial charge in [-0.15, -0.1) is 0 Å². The molecule has 0 atom stereocenters. The minimum absolute atomic E-state index is 0.0110. The van der Waals surface area contributed by atoms with Gasteiger partial charge >= 0.3 is 0 Å². The number of aromatic amines is 1. The van der Waals surface area contributed by atoms with Crippen molar-refractivity contribution in [2.24, 2.45) is 4.99 Å². The number of aromatic nitrogens is 1. The van der Waals surface area contributed by atoms with Gasteiger partial charge in [-0.25, -0.2) is 0 Å². The number of piperidine rings is 1. The van der Waals surface area contributed by atoms with Crippen molar-refractivity contribution in [3.63, 3.8) is 0 Å². The predicted molar refractivity (Wildman–Crippen MR) is 159 cm³/mol. The third kappa shape index (κ3) is 7.67. The largest absolute Gasteiger partial charge is 0.346 e. The van der Waals surface area contributed by atoms with E-state index in [-0.39, 0.29) is 23.8 Å². The van der Waals surface area contributed by atoms with E-state index in [4.69, 9.17) is 5.41 Å². The molecule has 1 aromatic heterocycles. The zero-order chi connectivity index (χ0) is 28.6. The Morgan fingerprint density at radius 2 is 1.82 bits per heavy atom. The number of anilines is 1. The van der Waals surface area contributed by atoms with Crippen LogP contribution in [0.4, 0.5) is 5.69 Å². The van der Waals surface area contributed by atoms with Gasteiger partial charge in [0.15, 0.2) is 0 Å². The SMILES string of the molecule is CN(C)CCC(=O)N1CC=C(c2ccc[nH]/c2=N\C(=N)Nc2ccc(C(=O)N(C)C3CCN(C)CC3)cc2)CC1. The fraction of sp³-hybridized carbons (Fsp3) is 0.467. The van der Waals surface area contributed by atoms with E-state index < -0.39 is 0 Å². The van der Waals surface area contributed by atoms with Gasteiger partial charge in [0.1, 0.15) is 5.49 Å². The van der Waals surface area contributed by atoms with Gasteiger partial charge in [0.2, 0.25) is 11.9 Å². The average molecular weight is 547 g/mol. The van der Waals surface area contributed by atoms with E-state index in [2.05, 4.69) is 33.3 Å². The number of rotatable bonds is 7.